The average Bonchev–Trinajstić information content (AvgIpc) is 3.23. The lowest BCUT2D eigenvalue weighted by Gasteiger charge is -2.08. The van der Waals surface area contributed by atoms with E-state index in [0.29, 0.717) is 22.7 Å². The smallest absolute Gasteiger partial charge is 0.345 e. The van der Waals surface area contributed by atoms with Crippen molar-refractivity contribution in [2.75, 3.05) is 7.11 Å². The number of aromatic amines is 1. The van der Waals surface area contributed by atoms with E-state index in [1.165, 1.54) is 18.1 Å². The number of thiophene rings is 1. The third-order valence-corrected chi connectivity index (χ3v) is 5.14. The van der Waals surface area contributed by atoms with Gasteiger partial charge in [-0.05, 0) is 46.8 Å². The molecule has 2 N–H and O–H groups in total. The summed E-state index contributed by atoms with van der Waals surface area (Å²) in [6.45, 7) is 0. The van der Waals surface area contributed by atoms with Crippen LogP contribution >= 0.6 is 11.3 Å². The summed E-state index contributed by atoms with van der Waals surface area (Å²) < 4.78 is 5.14. The molecule has 0 amide bonds. The van der Waals surface area contributed by atoms with E-state index < -0.39 is 5.69 Å². The maximum atomic E-state index is 12.1. The van der Waals surface area contributed by atoms with Gasteiger partial charge < -0.3 is 14.8 Å². The molecule has 0 aliphatic rings. The van der Waals surface area contributed by atoms with Crippen LogP contribution in [0.25, 0.3) is 33.0 Å². The molecule has 0 aliphatic carbocycles. The van der Waals surface area contributed by atoms with E-state index in [0.717, 1.165) is 11.1 Å². The number of nitrogens with zero attached hydrogens (tertiary/aromatic N) is 1. The normalized spacial score (nSPS) is 10.7. The van der Waals surface area contributed by atoms with Crippen LogP contribution in [0.2, 0.25) is 0 Å². The highest BCUT2D eigenvalue weighted by atomic mass is 32.1. The molecule has 2 heterocycles. The second kappa shape index (κ2) is 7.09. The predicted octanol–water partition coefficient (Wildman–Crippen LogP) is 4.55. The van der Waals surface area contributed by atoms with E-state index in [1.807, 2.05) is 41.8 Å². The van der Waals surface area contributed by atoms with E-state index in [4.69, 9.17) is 4.74 Å². The molecule has 27 heavy (non-hydrogen) atoms. The lowest BCUT2D eigenvalue weighted by molar-refractivity contribution is 0.373. The largest absolute Gasteiger partial charge is 0.504 e. The summed E-state index contributed by atoms with van der Waals surface area (Å²) in [5.74, 6) is 0.368. The van der Waals surface area contributed by atoms with E-state index >= 15 is 0 Å². The Balaban J connectivity index is 1.73. The Morgan fingerprint density at radius 1 is 1.00 bits per heavy atom. The van der Waals surface area contributed by atoms with Crippen molar-refractivity contribution in [2.45, 2.75) is 0 Å². The molecule has 4 rings (SSSR count). The molecule has 5 nitrogen and oxygen atoms in total. The number of methoxy groups -OCH3 is 1. The number of ether oxygens (including phenoxy) is 1. The minimum atomic E-state index is -0.433. The first kappa shape index (κ1) is 17.1. The number of phenols is 1. The predicted molar refractivity (Wildman–Crippen MR) is 107 cm³/mol. The van der Waals surface area contributed by atoms with Crippen LogP contribution in [-0.4, -0.2) is 22.2 Å². The standard InChI is InChI=1S/C21H16N2O3S/c1-26-19-11-15(8-9-18(19)24)17-12-16(22-21(25)23-17)13-4-6-14(7-5-13)20-3-2-10-27-20/h2-12,24H,1H3,(H,22,23,25). The fourth-order valence-electron chi connectivity index (χ4n) is 2.85. The van der Waals surface area contributed by atoms with E-state index in [-0.39, 0.29) is 5.75 Å². The Kier molecular flexibility index (Phi) is 4.48. The first-order valence-electron chi connectivity index (χ1n) is 8.27. The molecule has 134 valence electrons. The number of aromatic hydroxyl groups is 1. The Hall–Kier alpha value is -3.38. The molecular weight excluding hydrogens is 360 g/mol. The molecule has 6 heteroatoms. The van der Waals surface area contributed by atoms with E-state index in [9.17, 15) is 9.90 Å². The van der Waals surface area contributed by atoms with Crippen molar-refractivity contribution in [1.82, 2.24) is 9.97 Å². The Morgan fingerprint density at radius 3 is 2.44 bits per heavy atom. The molecule has 0 spiro atoms. The van der Waals surface area contributed by atoms with Gasteiger partial charge in [-0.1, -0.05) is 30.3 Å². The van der Waals surface area contributed by atoms with Crippen LogP contribution in [0.15, 0.2) is 70.8 Å². The van der Waals surface area contributed by atoms with Crippen molar-refractivity contribution in [2.24, 2.45) is 0 Å². The summed E-state index contributed by atoms with van der Waals surface area (Å²) >= 11 is 1.68. The van der Waals surface area contributed by atoms with Gasteiger partial charge in [0.15, 0.2) is 11.5 Å². The Morgan fingerprint density at radius 2 is 1.74 bits per heavy atom. The summed E-state index contributed by atoms with van der Waals surface area (Å²) in [7, 11) is 1.48. The van der Waals surface area contributed by atoms with Crippen LogP contribution in [-0.2, 0) is 0 Å². The quantitative estimate of drug-likeness (QED) is 0.548. The number of benzene rings is 2. The molecule has 4 aromatic rings. The highest BCUT2D eigenvalue weighted by Gasteiger charge is 2.09. The number of nitrogens with one attached hydrogen (secondary N) is 1. The molecule has 0 saturated carbocycles. The molecule has 0 fully saturated rings. The lowest BCUT2D eigenvalue weighted by atomic mass is 10.1. The van der Waals surface area contributed by atoms with Crippen molar-refractivity contribution >= 4 is 11.3 Å². The maximum absolute atomic E-state index is 12.1. The summed E-state index contributed by atoms with van der Waals surface area (Å²) in [4.78, 5) is 20.1. The van der Waals surface area contributed by atoms with Gasteiger partial charge in [0.2, 0.25) is 0 Å². The Labute approximate surface area is 159 Å². The van der Waals surface area contributed by atoms with Gasteiger partial charge in [-0.3, -0.25) is 0 Å². The Bertz CT molecular complexity index is 1130. The van der Waals surface area contributed by atoms with Crippen LogP contribution in [0, 0.1) is 0 Å². The van der Waals surface area contributed by atoms with Gasteiger partial charge in [0.25, 0.3) is 0 Å². The molecule has 2 aromatic carbocycles. The zero-order valence-electron chi connectivity index (χ0n) is 14.5. The second-order valence-corrected chi connectivity index (χ2v) is 6.87. The summed E-state index contributed by atoms with van der Waals surface area (Å²) in [5, 5.41) is 11.8. The highest BCUT2D eigenvalue weighted by molar-refractivity contribution is 7.13. The molecule has 0 unspecified atom stereocenters. The minimum Gasteiger partial charge on any atom is -0.504 e. The summed E-state index contributed by atoms with van der Waals surface area (Å²) in [6, 6.07) is 18.8. The molecule has 2 aromatic heterocycles. The minimum absolute atomic E-state index is 0.0375. The van der Waals surface area contributed by atoms with Gasteiger partial charge in [0.05, 0.1) is 18.5 Å². The topological polar surface area (TPSA) is 75.2 Å². The van der Waals surface area contributed by atoms with E-state index in [1.54, 1.807) is 23.5 Å². The number of phenolic OH excluding ortho intramolecular Hbond substituents is 1. The van der Waals surface area contributed by atoms with Gasteiger partial charge in [-0.2, -0.15) is 4.98 Å². The van der Waals surface area contributed by atoms with Gasteiger partial charge >= 0.3 is 5.69 Å². The van der Waals surface area contributed by atoms with Crippen molar-refractivity contribution in [1.29, 1.82) is 0 Å². The van der Waals surface area contributed by atoms with Crippen molar-refractivity contribution in [3.8, 4) is 44.5 Å². The number of H-pyrrole nitrogens is 1. The molecule has 0 aliphatic heterocycles. The number of rotatable bonds is 4. The van der Waals surface area contributed by atoms with Gasteiger partial charge in [0.1, 0.15) is 0 Å². The lowest BCUT2D eigenvalue weighted by Crippen LogP contribution is -2.11. The molecule has 0 radical (unpaired) electrons. The van der Waals surface area contributed by atoms with Crippen LogP contribution in [0.1, 0.15) is 0 Å². The fraction of sp³-hybridized carbons (Fsp3) is 0.0476. The van der Waals surface area contributed by atoms with Crippen LogP contribution in [0.3, 0.4) is 0 Å². The fourth-order valence-corrected chi connectivity index (χ4v) is 3.59. The van der Waals surface area contributed by atoms with Crippen LogP contribution < -0.4 is 10.4 Å². The monoisotopic (exact) mass is 376 g/mol. The first-order valence-corrected chi connectivity index (χ1v) is 9.15. The molecule has 0 atom stereocenters. The highest BCUT2D eigenvalue weighted by Crippen LogP contribution is 2.32. The van der Waals surface area contributed by atoms with Gasteiger partial charge in [-0.25, -0.2) is 4.79 Å². The summed E-state index contributed by atoms with van der Waals surface area (Å²) in [5.41, 5.74) is 3.46. The number of hydrogen-bond acceptors (Lipinski definition) is 5. The second-order valence-electron chi connectivity index (χ2n) is 5.93. The zero-order chi connectivity index (χ0) is 18.8. The average molecular weight is 376 g/mol. The van der Waals surface area contributed by atoms with E-state index in [2.05, 4.69) is 16.0 Å². The maximum Gasteiger partial charge on any atom is 0.345 e. The molecule has 0 saturated heterocycles. The SMILES string of the molecule is COc1cc(-c2cc(-c3ccc(-c4cccs4)cc3)[nH]c(=O)n2)ccc1O. The van der Waals surface area contributed by atoms with Crippen molar-refractivity contribution in [3.63, 3.8) is 0 Å². The van der Waals surface area contributed by atoms with Gasteiger partial charge in [0, 0.05) is 10.4 Å². The van der Waals surface area contributed by atoms with Crippen molar-refractivity contribution < 1.29 is 9.84 Å². The number of hydrogen-bond donors (Lipinski definition) is 2. The summed E-state index contributed by atoms with van der Waals surface area (Å²) in [6.07, 6.45) is 0. The third-order valence-electron chi connectivity index (χ3n) is 4.22. The van der Waals surface area contributed by atoms with Crippen LogP contribution in [0.5, 0.6) is 11.5 Å². The number of aromatic nitrogens is 2. The third kappa shape index (κ3) is 3.47. The first-order chi connectivity index (χ1) is 13.1. The van der Waals surface area contributed by atoms with Crippen molar-refractivity contribution in [3.05, 3.63) is 76.5 Å². The molecular formula is C21H16N2O3S. The molecule has 0 bridgehead atoms. The van der Waals surface area contributed by atoms with Gasteiger partial charge in [-0.15, -0.1) is 11.3 Å². The van der Waals surface area contributed by atoms with Crippen LogP contribution in [0.4, 0.5) is 0 Å². The zero-order valence-corrected chi connectivity index (χ0v) is 15.3.